The average molecular weight is 296 g/mol. The van der Waals surface area contributed by atoms with Gasteiger partial charge in [-0.15, -0.1) is 0 Å². The van der Waals surface area contributed by atoms with E-state index in [9.17, 15) is 8.78 Å². The predicted molar refractivity (Wildman–Crippen MR) is 79.7 cm³/mol. The summed E-state index contributed by atoms with van der Waals surface area (Å²) >= 11 is 4.69. The molecule has 0 aromatic heterocycles. The van der Waals surface area contributed by atoms with Gasteiger partial charge in [0.2, 0.25) is 0 Å². The van der Waals surface area contributed by atoms with Crippen LogP contribution in [-0.4, -0.2) is 11.5 Å². The number of hydrogen-bond acceptors (Lipinski definition) is 2. The van der Waals surface area contributed by atoms with Crippen LogP contribution in [0.15, 0.2) is 12.1 Å². The Balaban J connectivity index is 1.70. The normalized spacial score (nSPS) is 18.4. The molecular formula is C15H18F2N2S. The standard InChI is InChI=1S/C15H18F2N2S/c16-13-10(15(18)20)5-6-12(14(13)17)19-7-11(8-1-2-8)9-3-4-9/h5-6,8-9,11,19H,1-4,7H2,(H2,18,20). The summed E-state index contributed by atoms with van der Waals surface area (Å²) in [5, 5.41) is 3.06. The van der Waals surface area contributed by atoms with Crippen LogP contribution in [0.5, 0.6) is 0 Å². The second-order valence-corrected chi connectivity index (χ2v) is 6.31. The van der Waals surface area contributed by atoms with E-state index in [1.165, 1.54) is 37.8 Å². The van der Waals surface area contributed by atoms with Gasteiger partial charge in [0, 0.05) is 12.1 Å². The van der Waals surface area contributed by atoms with Crippen LogP contribution in [0.3, 0.4) is 0 Å². The lowest BCUT2D eigenvalue weighted by Gasteiger charge is -2.18. The number of benzene rings is 1. The second-order valence-electron chi connectivity index (χ2n) is 5.87. The van der Waals surface area contributed by atoms with E-state index in [0.29, 0.717) is 5.92 Å². The molecule has 1 aromatic carbocycles. The van der Waals surface area contributed by atoms with Gasteiger partial charge in [-0.3, -0.25) is 0 Å². The molecule has 20 heavy (non-hydrogen) atoms. The highest BCUT2D eigenvalue weighted by molar-refractivity contribution is 7.80. The zero-order valence-corrected chi connectivity index (χ0v) is 12.0. The largest absolute Gasteiger partial charge is 0.389 e. The Morgan fingerprint density at radius 2 is 1.80 bits per heavy atom. The Morgan fingerprint density at radius 3 is 2.30 bits per heavy atom. The molecule has 3 N–H and O–H groups in total. The number of anilines is 1. The smallest absolute Gasteiger partial charge is 0.182 e. The van der Waals surface area contributed by atoms with Gasteiger partial charge in [-0.05, 0) is 55.6 Å². The van der Waals surface area contributed by atoms with Crippen molar-refractivity contribution in [3.63, 3.8) is 0 Å². The second kappa shape index (κ2) is 5.28. The lowest BCUT2D eigenvalue weighted by molar-refractivity contribution is 0.426. The molecule has 2 saturated carbocycles. The SMILES string of the molecule is NC(=S)c1ccc(NCC(C2CC2)C2CC2)c(F)c1F. The quantitative estimate of drug-likeness (QED) is 0.790. The zero-order chi connectivity index (χ0) is 14.3. The van der Waals surface area contributed by atoms with Crippen LogP contribution >= 0.6 is 12.2 Å². The summed E-state index contributed by atoms with van der Waals surface area (Å²) in [6, 6.07) is 2.95. The van der Waals surface area contributed by atoms with E-state index in [0.717, 1.165) is 18.4 Å². The molecule has 0 radical (unpaired) electrons. The van der Waals surface area contributed by atoms with Crippen LogP contribution in [0.4, 0.5) is 14.5 Å². The first-order valence-corrected chi connectivity index (χ1v) is 7.50. The maximum atomic E-state index is 14.0. The van der Waals surface area contributed by atoms with Crippen LogP contribution in [0.1, 0.15) is 31.2 Å². The van der Waals surface area contributed by atoms with Gasteiger partial charge < -0.3 is 11.1 Å². The number of halogens is 2. The molecule has 0 saturated heterocycles. The van der Waals surface area contributed by atoms with E-state index in [2.05, 4.69) is 5.32 Å². The Hall–Kier alpha value is -1.23. The third kappa shape index (κ3) is 2.77. The highest BCUT2D eigenvalue weighted by atomic mass is 32.1. The molecular weight excluding hydrogens is 278 g/mol. The van der Waals surface area contributed by atoms with Crippen molar-refractivity contribution in [3.8, 4) is 0 Å². The Bertz CT molecular complexity index is 527. The summed E-state index contributed by atoms with van der Waals surface area (Å²) in [6.07, 6.45) is 5.11. The van der Waals surface area contributed by atoms with Crippen molar-refractivity contribution in [1.29, 1.82) is 0 Å². The molecule has 0 aliphatic heterocycles. The molecule has 2 nitrogen and oxygen atoms in total. The molecule has 2 fully saturated rings. The maximum absolute atomic E-state index is 14.0. The lowest BCUT2D eigenvalue weighted by Crippen LogP contribution is -2.20. The molecule has 0 bridgehead atoms. The first-order valence-electron chi connectivity index (χ1n) is 7.09. The van der Waals surface area contributed by atoms with Crippen molar-refractivity contribution in [2.24, 2.45) is 23.5 Å². The Labute approximate surface area is 122 Å². The molecule has 0 unspecified atom stereocenters. The third-order valence-electron chi connectivity index (χ3n) is 4.33. The molecule has 0 heterocycles. The maximum Gasteiger partial charge on any atom is 0.182 e. The first kappa shape index (κ1) is 13.7. The van der Waals surface area contributed by atoms with Crippen molar-refractivity contribution < 1.29 is 8.78 Å². The van der Waals surface area contributed by atoms with Crippen molar-refractivity contribution >= 4 is 22.9 Å². The summed E-state index contributed by atoms with van der Waals surface area (Å²) in [4.78, 5) is -0.123. The fourth-order valence-corrected chi connectivity index (χ4v) is 3.03. The summed E-state index contributed by atoms with van der Waals surface area (Å²) in [7, 11) is 0. The van der Waals surface area contributed by atoms with Gasteiger partial charge >= 0.3 is 0 Å². The molecule has 0 amide bonds. The summed E-state index contributed by atoms with van der Waals surface area (Å²) in [6.45, 7) is 0.720. The van der Waals surface area contributed by atoms with Crippen LogP contribution in [-0.2, 0) is 0 Å². The molecule has 108 valence electrons. The molecule has 2 aliphatic carbocycles. The summed E-state index contributed by atoms with van der Waals surface area (Å²) < 4.78 is 27.8. The highest BCUT2D eigenvalue weighted by Gasteiger charge is 2.41. The van der Waals surface area contributed by atoms with Crippen LogP contribution in [0.25, 0.3) is 0 Å². The molecule has 5 heteroatoms. The highest BCUT2D eigenvalue weighted by Crippen LogP contribution is 2.49. The van der Waals surface area contributed by atoms with Crippen molar-refractivity contribution in [2.45, 2.75) is 25.7 Å². The van der Waals surface area contributed by atoms with Crippen molar-refractivity contribution in [2.75, 3.05) is 11.9 Å². The fourth-order valence-electron chi connectivity index (χ4n) is 2.87. The average Bonchev–Trinajstić information content (AvgIpc) is 3.26. The lowest BCUT2D eigenvalue weighted by atomic mass is 9.98. The minimum atomic E-state index is -0.961. The number of rotatable bonds is 6. The minimum absolute atomic E-state index is 0.0380. The fraction of sp³-hybridized carbons (Fsp3) is 0.533. The van der Waals surface area contributed by atoms with Gasteiger partial charge in [0.1, 0.15) is 4.99 Å². The van der Waals surface area contributed by atoms with E-state index in [-0.39, 0.29) is 16.2 Å². The molecule has 1 aromatic rings. The Kier molecular flexibility index (Phi) is 3.63. The zero-order valence-electron chi connectivity index (χ0n) is 11.2. The number of nitrogens with two attached hydrogens (primary N) is 1. The predicted octanol–water partition coefficient (Wildman–Crippen LogP) is 3.45. The van der Waals surface area contributed by atoms with Crippen LogP contribution in [0.2, 0.25) is 0 Å². The summed E-state index contributed by atoms with van der Waals surface area (Å²) in [5.74, 6) is 0.308. The molecule has 0 spiro atoms. The van der Waals surface area contributed by atoms with Gasteiger partial charge in [0.05, 0.1) is 5.69 Å². The topological polar surface area (TPSA) is 38.0 Å². The van der Waals surface area contributed by atoms with Gasteiger partial charge in [0.15, 0.2) is 11.6 Å². The Morgan fingerprint density at radius 1 is 1.20 bits per heavy atom. The van der Waals surface area contributed by atoms with E-state index < -0.39 is 11.6 Å². The van der Waals surface area contributed by atoms with E-state index in [1.807, 2.05) is 0 Å². The molecule has 2 aliphatic rings. The van der Waals surface area contributed by atoms with Crippen LogP contribution in [0, 0.1) is 29.4 Å². The van der Waals surface area contributed by atoms with E-state index in [1.54, 1.807) is 0 Å². The molecule has 3 rings (SSSR count). The van der Waals surface area contributed by atoms with Gasteiger partial charge in [-0.2, -0.15) is 0 Å². The van der Waals surface area contributed by atoms with Gasteiger partial charge in [0.25, 0.3) is 0 Å². The minimum Gasteiger partial charge on any atom is -0.389 e. The summed E-state index contributed by atoms with van der Waals surface area (Å²) in [5.41, 5.74) is 5.52. The number of nitrogens with one attached hydrogen (secondary N) is 1. The number of thiocarbonyl (C=S) groups is 1. The monoisotopic (exact) mass is 296 g/mol. The van der Waals surface area contributed by atoms with Gasteiger partial charge in [-0.1, -0.05) is 12.2 Å². The van der Waals surface area contributed by atoms with E-state index in [4.69, 9.17) is 18.0 Å². The van der Waals surface area contributed by atoms with Crippen molar-refractivity contribution in [1.82, 2.24) is 0 Å². The number of hydrogen-bond donors (Lipinski definition) is 2. The van der Waals surface area contributed by atoms with E-state index >= 15 is 0 Å². The molecule has 0 atom stereocenters. The van der Waals surface area contributed by atoms with Crippen molar-refractivity contribution in [3.05, 3.63) is 29.3 Å². The van der Waals surface area contributed by atoms with Crippen LogP contribution < -0.4 is 11.1 Å². The van der Waals surface area contributed by atoms with Gasteiger partial charge in [-0.25, -0.2) is 8.78 Å². The third-order valence-corrected chi connectivity index (χ3v) is 4.55. The first-order chi connectivity index (χ1) is 9.58.